The minimum atomic E-state index is -3.85. The first-order valence-electron chi connectivity index (χ1n) is 10.2. The van der Waals surface area contributed by atoms with Crippen LogP contribution in [0.3, 0.4) is 0 Å². The summed E-state index contributed by atoms with van der Waals surface area (Å²) in [5, 5.41) is -0.0527. The van der Waals surface area contributed by atoms with Gasteiger partial charge in [0.2, 0.25) is 26.6 Å². The molecule has 0 N–H and O–H groups in total. The van der Waals surface area contributed by atoms with Crippen molar-refractivity contribution in [3.8, 4) is 23.0 Å². The zero-order chi connectivity index (χ0) is 22.0. The normalized spacial score (nSPS) is 14.5. The second-order valence-electron chi connectivity index (χ2n) is 7.56. The van der Waals surface area contributed by atoms with Crippen molar-refractivity contribution >= 4 is 15.7 Å². The van der Waals surface area contributed by atoms with E-state index in [4.69, 9.17) is 13.9 Å². The minimum Gasteiger partial charge on any atom is -0.493 e. The number of nitrogens with zero attached hydrogens (tertiary/aromatic N) is 2. The Labute approximate surface area is 182 Å². The first-order chi connectivity index (χ1) is 14.9. The fraction of sp³-hybridized carbons (Fsp3) is 0.348. The predicted molar refractivity (Wildman–Crippen MR) is 118 cm³/mol. The third-order valence-electron chi connectivity index (χ3n) is 5.44. The summed E-state index contributed by atoms with van der Waals surface area (Å²) in [4.78, 5) is 6.64. The first kappa shape index (κ1) is 21.2. The van der Waals surface area contributed by atoms with Gasteiger partial charge in [0, 0.05) is 18.7 Å². The Kier molecular flexibility index (Phi) is 5.91. The highest BCUT2D eigenvalue weighted by molar-refractivity contribution is 7.91. The van der Waals surface area contributed by atoms with Crippen LogP contribution in [0.25, 0.3) is 11.5 Å². The quantitative estimate of drug-likeness (QED) is 0.556. The zero-order valence-electron chi connectivity index (χ0n) is 17.9. The number of piperidine rings is 1. The average molecular weight is 443 g/mol. The van der Waals surface area contributed by atoms with Gasteiger partial charge in [0.15, 0.2) is 11.5 Å². The van der Waals surface area contributed by atoms with Gasteiger partial charge in [0.05, 0.1) is 19.1 Å². The summed E-state index contributed by atoms with van der Waals surface area (Å²) in [6, 6.07) is 12.0. The van der Waals surface area contributed by atoms with Gasteiger partial charge in [-0.15, -0.1) is 0 Å². The van der Waals surface area contributed by atoms with Gasteiger partial charge in [-0.2, -0.15) is 4.98 Å². The number of oxazole rings is 1. The summed E-state index contributed by atoms with van der Waals surface area (Å²) in [7, 11) is -0.750. The van der Waals surface area contributed by atoms with Crippen molar-refractivity contribution in [1.29, 1.82) is 0 Å². The van der Waals surface area contributed by atoms with Crippen LogP contribution in [0.4, 0.5) is 5.88 Å². The molecule has 0 atom stereocenters. The Hall–Kier alpha value is -3.00. The summed E-state index contributed by atoms with van der Waals surface area (Å²) >= 11 is 0. The van der Waals surface area contributed by atoms with E-state index < -0.39 is 9.84 Å². The average Bonchev–Trinajstić information content (AvgIpc) is 3.26. The molecule has 31 heavy (non-hydrogen) atoms. The second-order valence-corrected chi connectivity index (χ2v) is 9.43. The number of hydrogen-bond donors (Lipinski definition) is 0. The number of anilines is 1. The number of aromatic nitrogens is 1. The molecule has 1 aliphatic rings. The molecule has 1 saturated heterocycles. The molecule has 4 rings (SSSR count). The van der Waals surface area contributed by atoms with E-state index in [0.29, 0.717) is 22.9 Å². The lowest BCUT2D eigenvalue weighted by Gasteiger charge is -2.26. The van der Waals surface area contributed by atoms with Crippen LogP contribution in [0, 0.1) is 6.92 Å². The van der Waals surface area contributed by atoms with E-state index in [2.05, 4.69) is 4.98 Å². The number of sulfone groups is 1. The first-order valence-corrected chi connectivity index (χ1v) is 11.7. The highest BCUT2D eigenvalue weighted by Crippen LogP contribution is 2.38. The number of hydrogen-bond acceptors (Lipinski definition) is 7. The molecule has 0 aliphatic carbocycles. The molecule has 1 aromatic heterocycles. The van der Waals surface area contributed by atoms with Gasteiger partial charge in [0.25, 0.3) is 0 Å². The van der Waals surface area contributed by atoms with Crippen LogP contribution in [-0.2, 0) is 9.84 Å². The lowest BCUT2D eigenvalue weighted by atomic mass is 10.1. The van der Waals surface area contributed by atoms with Crippen molar-refractivity contribution in [2.45, 2.75) is 36.1 Å². The van der Waals surface area contributed by atoms with E-state index >= 15 is 0 Å². The molecule has 8 heteroatoms. The van der Waals surface area contributed by atoms with E-state index in [-0.39, 0.29) is 15.8 Å². The molecule has 1 aliphatic heterocycles. The predicted octanol–water partition coefficient (Wildman–Crippen LogP) is 4.49. The smallest absolute Gasteiger partial charge is 0.236 e. The van der Waals surface area contributed by atoms with Gasteiger partial charge in [-0.1, -0.05) is 17.7 Å². The van der Waals surface area contributed by atoms with E-state index in [0.717, 1.165) is 37.9 Å². The van der Waals surface area contributed by atoms with Crippen molar-refractivity contribution in [3.05, 3.63) is 48.0 Å². The Bertz CT molecular complexity index is 1160. The van der Waals surface area contributed by atoms with Gasteiger partial charge in [-0.3, -0.25) is 0 Å². The van der Waals surface area contributed by atoms with Crippen molar-refractivity contribution in [2.75, 3.05) is 32.2 Å². The van der Waals surface area contributed by atoms with Crippen molar-refractivity contribution in [3.63, 3.8) is 0 Å². The number of methoxy groups -OCH3 is 2. The summed E-state index contributed by atoms with van der Waals surface area (Å²) in [5.41, 5.74) is 1.60. The molecule has 3 aromatic rings. The Morgan fingerprint density at radius 1 is 0.935 bits per heavy atom. The van der Waals surface area contributed by atoms with Gasteiger partial charge < -0.3 is 18.8 Å². The maximum Gasteiger partial charge on any atom is 0.236 e. The maximum atomic E-state index is 13.5. The summed E-state index contributed by atoms with van der Waals surface area (Å²) in [5.74, 6) is 1.61. The third-order valence-corrected chi connectivity index (χ3v) is 7.11. The molecule has 164 valence electrons. The summed E-state index contributed by atoms with van der Waals surface area (Å²) in [6.07, 6.45) is 3.08. The molecule has 0 amide bonds. The van der Waals surface area contributed by atoms with Gasteiger partial charge >= 0.3 is 0 Å². The van der Waals surface area contributed by atoms with Gasteiger partial charge in [0.1, 0.15) is 0 Å². The number of rotatable bonds is 6. The van der Waals surface area contributed by atoms with E-state index in [9.17, 15) is 8.42 Å². The monoisotopic (exact) mass is 442 g/mol. The Balaban J connectivity index is 1.84. The molecule has 7 nitrogen and oxygen atoms in total. The maximum absolute atomic E-state index is 13.5. The standard InChI is InChI=1S/C23H26N2O5S/c1-16-7-10-18(11-8-16)31(26,27)22-23(25-13-5-4-6-14-25)30-21(24-22)17-9-12-19(28-2)20(15-17)29-3/h7-12,15H,4-6,13-14H2,1-3H3. The summed E-state index contributed by atoms with van der Waals surface area (Å²) < 4.78 is 43.7. The molecule has 0 radical (unpaired) electrons. The lowest BCUT2D eigenvalue weighted by Crippen LogP contribution is -2.30. The van der Waals surface area contributed by atoms with E-state index in [1.807, 2.05) is 11.8 Å². The highest BCUT2D eigenvalue weighted by Gasteiger charge is 2.32. The van der Waals surface area contributed by atoms with Crippen LogP contribution in [-0.4, -0.2) is 40.7 Å². The highest BCUT2D eigenvalue weighted by atomic mass is 32.2. The molecule has 0 spiro atoms. The molecule has 0 unspecified atom stereocenters. The fourth-order valence-corrected chi connectivity index (χ4v) is 5.01. The van der Waals surface area contributed by atoms with Crippen LogP contribution in [0.5, 0.6) is 11.5 Å². The fourth-order valence-electron chi connectivity index (χ4n) is 3.69. The van der Waals surface area contributed by atoms with Gasteiger partial charge in [-0.25, -0.2) is 8.42 Å². The largest absolute Gasteiger partial charge is 0.493 e. The van der Waals surface area contributed by atoms with Crippen molar-refractivity contribution < 1.29 is 22.3 Å². The molecular formula is C23H26N2O5S. The van der Waals surface area contributed by atoms with Crippen molar-refractivity contribution in [1.82, 2.24) is 4.98 Å². The van der Waals surface area contributed by atoms with Crippen molar-refractivity contribution in [2.24, 2.45) is 0 Å². The van der Waals surface area contributed by atoms with Crippen LogP contribution < -0.4 is 14.4 Å². The van der Waals surface area contributed by atoms with Crippen LogP contribution in [0.1, 0.15) is 24.8 Å². The molecular weight excluding hydrogens is 416 g/mol. The summed E-state index contributed by atoms with van der Waals surface area (Å²) in [6.45, 7) is 3.38. The SMILES string of the molecule is COc1ccc(-c2nc(S(=O)(=O)c3ccc(C)cc3)c(N3CCCCC3)o2)cc1OC. The lowest BCUT2D eigenvalue weighted by molar-refractivity contribution is 0.355. The third kappa shape index (κ3) is 4.12. The molecule has 2 aromatic carbocycles. The minimum absolute atomic E-state index is 0.0527. The van der Waals surface area contributed by atoms with E-state index in [1.54, 1.807) is 56.7 Å². The van der Waals surface area contributed by atoms with Crippen LogP contribution in [0.15, 0.2) is 56.8 Å². The second kappa shape index (κ2) is 8.63. The Morgan fingerprint density at radius 3 is 2.26 bits per heavy atom. The number of ether oxygens (including phenoxy) is 2. The number of aryl methyl sites for hydroxylation is 1. The number of benzene rings is 2. The molecule has 2 heterocycles. The van der Waals surface area contributed by atoms with E-state index in [1.165, 1.54) is 0 Å². The van der Waals surface area contributed by atoms with Crippen LogP contribution >= 0.6 is 0 Å². The van der Waals surface area contributed by atoms with Gasteiger partial charge in [-0.05, 0) is 56.5 Å². The van der Waals surface area contributed by atoms with Crippen LogP contribution in [0.2, 0.25) is 0 Å². The Morgan fingerprint density at radius 2 is 1.61 bits per heavy atom. The molecule has 0 saturated carbocycles. The molecule has 1 fully saturated rings. The topological polar surface area (TPSA) is 81.9 Å². The zero-order valence-corrected chi connectivity index (χ0v) is 18.7. The molecule has 0 bridgehead atoms.